The predicted molar refractivity (Wildman–Crippen MR) is 137 cm³/mol. The fourth-order valence-corrected chi connectivity index (χ4v) is 7.45. The number of benzene rings is 2. The molecule has 0 spiro atoms. The lowest BCUT2D eigenvalue weighted by Gasteiger charge is -2.28. The van der Waals surface area contributed by atoms with Crippen molar-refractivity contribution >= 4 is 44.5 Å². The van der Waals surface area contributed by atoms with Crippen LogP contribution in [-0.2, 0) is 30.5 Å². The van der Waals surface area contributed by atoms with E-state index in [0.717, 1.165) is 17.7 Å². The molecular weight excluding hydrogens is 532 g/mol. The second-order valence-electron chi connectivity index (χ2n) is 9.42. The van der Waals surface area contributed by atoms with Crippen LogP contribution in [0, 0.1) is 6.92 Å². The molecule has 0 aromatic heterocycles. The molecule has 1 saturated heterocycles. The van der Waals surface area contributed by atoms with Crippen molar-refractivity contribution < 1.29 is 36.4 Å². The summed E-state index contributed by atoms with van der Waals surface area (Å²) >= 11 is 0. The van der Waals surface area contributed by atoms with Gasteiger partial charge in [0.2, 0.25) is 11.8 Å². The lowest BCUT2D eigenvalue weighted by Crippen LogP contribution is -2.54. The maximum atomic E-state index is 14.2. The second-order valence-corrected chi connectivity index (χ2v) is 12.4. The van der Waals surface area contributed by atoms with Crippen molar-refractivity contribution in [2.24, 2.45) is 0 Å². The van der Waals surface area contributed by atoms with Crippen LogP contribution in [0.25, 0.3) is 0 Å². The number of hydrogen-bond acceptors (Lipinski definition) is 7. The van der Waals surface area contributed by atoms with Gasteiger partial charge >= 0.3 is 0 Å². The number of fused-ring (bicyclic) bond motifs is 1. The van der Waals surface area contributed by atoms with Gasteiger partial charge in [-0.25, -0.2) is 0 Å². The smallest absolute Gasteiger partial charge is 0.294 e. The maximum Gasteiger partial charge on any atom is 0.294 e. The maximum absolute atomic E-state index is 14.2. The molecule has 2 N–H and O–H groups in total. The van der Waals surface area contributed by atoms with Gasteiger partial charge in [0, 0.05) is 6.42 Å². The van der Waals surface area contributed by atoms with Gasteiger partial charge in [0.15, 0.2) is 0 Å². The number of nitrogens with one attached hydrogen (secondary N) is 1. The van der Waals surface area contributed by atoms with Crippen molar-refractivity contribution in [2.75, 3.05) is 0 Å². The number of carbonyl (C=O) groups is 4. The predicted octanol–water partition coefficient (Wildman–Crippen LogP) is 3.07. The summed E-state index contributed by atoms with van der Waals surface area (Å²) in [6.07, 6.45) is 2.50. The van der Waals surface area contributed by atoms with E-state index in [-0.39, 0.29) is 39.3 Å². The van der Waals surface area contributed by atoms with E-state index >= 15 is 0 Å². The third-order valence-electron chi connectivity index (χ3n) is 6.76. The Bertz CT molecular complexity index is 1470. The molecule has 202 valence electrons. The molecule has 4 rings (SSSR count). The Balaban J connectivity index is 1.80. The molecule has 12 heteroatoms. The highest BCUT2D eigenvalue weighted by Crippen LogP contribution is 2.39. The van der Waals surface area contributed by atoms with Gasteiger partial charge in [-0.15, -0.1) is 0 Å². The van der Waals surface area contributed by atoms with Crippen LogP contribution in [0.4, 0.5) is 0 Å². The van der Waals surface area contributed by atoms with Crippen molar-refractivity contribution in [1.82, 2.24) is 10.2 Å². The van der Waals surface area contributed by atoms with Crippen LogP contribution >= 0.6 is 0 Å². The monoisotopic (exact) mass is 560 g/mol. The molecule has 3 unspecified atom stereocenters. The molecule has 3 atom stereocenters. The molecule has 2 aromatic rings. The van der Waals surface area contributed by atoms with Crippen LogP contribution in [-0.4, -0.2) is 51.7 Å². The highest BCUT2D eigenvalue weighted by atomic mass is 32.2. The quantitative estimate of drug-likeness (QED) is 0.269. The highest BCUT2D eigenvalue weighted by Gasteiger charge is 2.46. The van der Waals surface area contributed by atoms with Gasteiger partial charge in [-0.1, -0.05) is 49.9 Å². The summed E-state index contributed by atoms with van der Waals surface area (Å²) < 4.78 is 48.5. The summed E-state index contributed by atoms with van der Waals surface area (Å²) in [5, 5.41) is 1.24. The summed E-state index contributed by atoms with van der Waals surface area (Å²) in [5.41, 5.74) is 0.732. The number of aryl methyl sites for hydroxylation is 1. The molecule has 2 heterocycles. The molecule has 2 aliphatic heterocycles. The molecule has 38 heavy (non-hydrogen) atoms. The van der Waals surface area contributed by atoms with Gasteiger partial charge in [0.05, 0.1) is 37.0 Å². The van der Waals surface area contributed by atoms with E-state index in [2.05, 4.69) is 5.32 Å². The molecule has 4 amide bonds. The van der Waals surface area contributed by atoms with E-state index in [4.69, 9.17) is 0 Å². The molecule has 0 saturated carbocycles. The zero-order valence-electron chi connectivity index (χ0n) is 20.9. The largest absolute Gasteiger partial charge is 0.295 e. The van der Waals surface area contributed by atoms with E-state index in [9.17, 15) is 36.4 Å². The Labute approximate surface area is 223 Å². The van der Waals surface area contributed by atoms with Crippen LogP contribution in [0.3, 0.4) is 0 Å². The minimum atomic E-state index is -4.64. The average molecular weight is 561 g/mol. The Morgan fingerprint density at radius 1 is 1.11 bits per heavy atom. The summed E-state index contributed by atoms with van der Waals surface area (Å²) in [7, 11) is -6.65. The summed E-state index contributed by atoms with van der Waals surface area (Å²) in [6.45, 7) is 3.73. The number of hydrogen-bond donors (Lipinski definition) is 2. The lowest BCUT2D eigenvalue weighted by atomic mass is 10.0. The Hall–Kier alpha value is -3.22. The van der Waals surface area contributed by atoms with Crippen LogP contribution in [0.2, 0.25) is 0 Å². The van der Waals surface area contributed by atoms with Gasteiger partial charge in [0.1, 0.15) is 6.04 Å². The number of nitrogens with zero attached hydrogens (tertiary/aromatic N) is 1. The van der Waals surface area contributed by atoms with Gasteiger partial charge < -0.3 is 0 Å². The standard InChI is InChI=1S/C26H28N2O8S2/c1-3-4-5-8-19(17-14-15(2)10-12-21(17)38(34,35)36)37(33)20-9-6-7-16-23(20)26(32)28(25(16)31)18-11-13-22(29)27-24(18)30/h6-7,9-10,12,14,18-19H,3-5,8,11,13H2,1-2H3,(H,27,29,30)(H,34,35,36). The minimum absolute atomic E-state index is 0.0166. The molecule has 0 radical (unpaired) electrons. The van der Waals surface area contributed by atoms with E-state index in [1.54, 1.807) is 13.0 Å². The molecular formula is C26H28N2O8S2. The highest BCUT2D eigenvalue weighted by molar-refractivity contribution is 7.86. The van der Waals surface area contributed by atoms with Crippen LogP contribution in [0.15, 0.2) is 46.2 Å². The van der Waals surface area contributed by atoms with Crippen molar-refractivity contribution in [3.63, 3.8) is 0 Å². The normalized spacial score (nSPS) is 19.3. The van der Waals surface area contributed by atoms with Crippen molar-refractivity contribution in [2.45, 2.75) is 73.5 Å². The summed E-state index contributed by atoms with van der Waals surface area (Å²) in [6, 6.07) is 7.51. The fourth-order valence-electron chi connectivity index (χ4n) is 4.92. The van der Waals surface area contributed by atoms with Crippen LogP contribution in [0.5, 0.6) is 0 Å². The Morgan fingerprint density at radius 2 is 1.84 bits per heavy atom. The number of carbonyl (C=O) groups excluding carboxylic acids is 4. The van der Waals surface area contributed by atoms with Crippen molar-refractivity contribution in [1.29, 1.82) is 0 Å². The first kappa shape index (κ1) is 27.8. The van der Waals surface area contributed by atoms with E-state index in [1.807, 2.05) is 6.92 Å². The van der Waals surface area contributed by atoms with Gasteiger partial charge in [-0.05, 0) is 43.5 Å². The number of amides is 4. The van der Waals surface area contributed by atoms with Gasteiger partial charge in [0.25, 0.3) is 21.9 Å². The van der Waals surface area contributed by atoms with E-state index < -0.39 is 55.8 Å². The lowest BCUT2D eigenvalue weighted by molar-refractivity contribution is -0.136. The Kier molecular flexibility index (Phi) is 7.96. The summed E-state index contributed by atoms with van der Waals surface area (Å²) in [4.78, 5) is 51.2. The first-order valence-corrected chi connectivity index (χ1v) is 14.9. The van der Waals surface area contributed by atoms with Crippen LogP contribution in [0.1, 0.15) is 82.5 Å². The Morgan fingerprint density at radius 3 is 2.50 bits per heavy atom. The number of piperidine rings is 1. The molecule has 10 nitrogen and oxygen atoms in total. The molecule has 2 aromatic carbocycles. The zero-order chi connectivity index (χ0) is 27.8. The van der Waals surface area contributed by atoms with Gasteiger partial charge in [-0.3, -0.25) is 38.2 Å². The van der Waals surface area contributed by atoms with Crippen molar-refractivity contribution in [3.8, 4) is 0 Å². The van der Waals surface area contributed by atoms with Crippen LogP contribution < -0.4 is 5.32 Å². The SMILES string of the molecule is CCCCCC(c1cc(C)ccc1S(=O)(=O)O)S(=O)c1cccc2c1C(=O)N(C1CCC(=O)NC1=O)C2=O. The fraction of sp³-hybridized carbons (Fsp3) is 0.385. The third kappa shape index (κ3) is 5.20. The van der Waals surface area contributed by atoms with Gasteiger partial charge in [-0.2, -0.15) is 8.42 Å². The van der Waals surface area contributed by atoms with Crippen molar-refractivity contribution in [3.05, 3.63) is 58.7 Å². The first-order valence-electron chi connectivity index (χ1n) is 12.3. The third-order valence-corrected chi connectivity index (χ3v) is 9.47. The zero-order valence-corrected chi connectivity index (χ0v) is 22.6. The summed E-state index contributed by atoms with van der Waals surface area (Å²) in [5.74, 6) is -2.77. The number of rotatable bonds is 9. The number of imide groups is 2. The van der Waals surface area contributed by atoms with E-state index in [0.29, 0.717) is 18.4 Å². The second kappa shape index (κ2) is 10.9. The van der Waals surface area contributed by atoms with E-state index in [1.165, 1.54) is 30.3 Å². The molecule has 0 aliphatic carbocycles. The minimum Gasteiger partial charge on any atom is -0.295 e. The first-order chi connectivity index (χ1) is 18.0. The number of unbranched alkanes of at least 4 members (excludes halogenated alkanes) is 2. The average Bonchev–Trinajstić information content (AvgIpc) is 3.11. The molecule has 0 bridgehead atoms. The molecule has 1 fully saturated rings. The topological polar surface area (TPSA) is 155 Å². The molecule has 2 aliphatic rings.